The summed E-state index contributed by atoms with van der Waals surface area (Å²) in [6.07, 6.45) is 1.53. The Bertz CT molecular complexity index is 624. The van der Waals surface area contributed by atoms with Crippen LogP contribution in [0.4, 0.5) is 0 Å². The highest BCUT2D eigenvalue weighted by Gasteiger charge is 2.06. The number of carboxylic acids is 1. The lowest BCUT2D eigenvalue weighted by Gasteiger charge is -2.07. The first kappa shape index (κ1) is 14.1. The van der Waals surface area contributed by atoms with Crippen LogP contribution in [-0.4, -0.2) is 16.2 Å². The maximum absolute atomic E-state index is 11.0. The van der Waals surface area contributed by atoms with Crippen molar-refractivity contribution in [1.29, 1.82) is 0 Å². The van der Waals surface area contributed by atoms with Crippen molar-refractivity contribution in [2.24, 2.45) is 0 Å². The molecule has 0 aromatic heterocycles. The van der Waals surface area contributed by atoms with Gasteiger partial charge in [0.2, 0.25) is 0 Å². The van der Waals surface area contributed by atoms with Crippen molar-refractivity contribution >= 4 is 5.97 Å². The summed E-state index contributed by atoms with van der Waals surface area (Å²) >= 11 is 0. The summed E-state index contributed by atoms with van der Waals surface area (Å²) in [5.74, 6) is -0.626. The number of aryl methyl sites for hydroxylation is 4. The van der Waals surface area contributed by atoms with Crippen molar-refractivity contribution in [2.75, 3.05) is 0 Å². The second kappa shape index (κ2) is 5.78. The number of aromatic hydroxyl groups is 1. The van der Waals surface area contributed by atoms with Crippen molar-refractivity contribution in [3.63, 3.8) is 0 Å². The van der Waals surface area contributed by atoms with Crippen molar-refractivity contribution < 1.29 is 15.0 Å². The highest BCUT2D eigenvalue weighted by atomic mass is 16.4. The normalized spacial score (nSPS) is 10.5. The Balaban J connectivity index is 2.16. The second-order valence-corrected chi connectivity index (χ2v) is 5.19. The standard InChI is InChI=1S/C17H18O3/c1-11-5-13(9-15(7-11)17(19)20)3-4-14-6-12(2)8-16(18)10-14/h5-10,18H,3-4H2,1-2H3,(H,19,20). The van der Waals surface area contributed by atoms with Gasteiger partial charge in [0.05, 0.1) is 5.56 Å². The van der Waals surface area contributed by atoms with Crippen molar-refractivity contribution in [2.45, 2.75) is 26.7 Å². The van der Waals surface area contributed by atoms with Gasteiger partial charge in [-0.1, -0.05) is 17.7 Å². The van der Waals surface area contributed by atoms with Crippen molar-refractivity contribution in [3.05, 3.63) is 64.2 Å². The fourth-order valence-corrected chi connectivity index (χ4v) is 2.40. The summed E-state index contributed by atoms with van der Waals surface area (Å²) in [6.45, 7) is 3.84. The van der Waals surface area contributed by atoms with Crippen molar-refractivity contribution in [1.82, 2.24) is 0 Å². The molecule has 2 aromatic rings. The highest BCUT2D eigenvalue weighted by molar-refractivity contribution is 5.88. The van der Waals surface area contributed by atoms with Gasteiger partial charge in [-0.2, -0.15) is 0 Å². The Morgan fingerprint density at radius 1 is 0.900 bits per heavy atom. The van der Waals surface area contributed by atoms with E-state index in [0.717, 1.165) is 35.1 Å². The second-order valence-electron chi connectivity index (χ2n) is 5.19. The molecule has 0 spiro atoms. The van der Waals surface area contributed by atoms with E-state index < -0.39 is 5.97 Å². The van der Waals surface area contributed by atoms with Gasteiger partial charge in [-0.05, 0) is 67.6 Å². The van der Waals surface area contributed by atoms with Crippen LogP contribution in [0.3, 0.4) is 0 Å². The fraction of sp³-hybridized carbons (Fsp3) is 0.235. The lowest BCUT2D eigenvalue weighted by atomic mass is 9.99. The first-order valence-corrected chi connectivity index (χ1v) is 6.57. The number of phenolic OH excluding ortho intramolecular Hbond substituents is 1. The maximum Gasteiger partial charge on any atom is 0.335 e. The van der Waals surface area contributed by atoms with E-state index in [4.69, 9.17) is 5.11 Å². The molecule has 0 fully saturated rings. The average molecular weight is 270 g/mol. The number of hydrogen-bond donors (Lipinski definition) is 2. The van der Waals surface area contributed by atoms with Gasteiger partial charge in [-0.25, -0.2) is 4.79 Å². The molecular weight excluding hydrogens is 252 g/mol. The topological polar surface area (TPSA) is 57.5 Å². The first-order valence-electron chi connectivity index (χ1n) is 6.57. The molecule has 104 valence electrons. The lowest BCUT2D eigenvalue weighted by molar-refractivity contribution is 0.0696. The molecule has 20 heavy (non-hydrogen) atoms. The van der Waals surface area contributed by atoms with Crippen molar-refractivity contribution in [3.8, 4) is 5.75 Å². The molecule has 3 nitrogen and oxygen atoms in total. The Morgan fingerprint density at radius 2 is 1.45 bits per heavy atom. The molecule has 0 aliphatic heterocycles. The summed E-state index contributed by atoms with van der Waals surface area (Å²) in [5, 5.41) is 18.6. The van der Waals surface area contributed by atoms with Gasteiger partial charge in [-0.3, -0.25) is 0 Å². The molecule has 0 radical (unpaired) electrons. The molecule has 0 aliphatic carbocycles. The van der Waals surface area contributed by atoms with Crippen LogP contribution in [0.1, 0.15) is 32.6 Å². The lowest BCUT2D eigenvalue weighted by Crippen LogP contribution is -2.00. The molecule has 0 aliphatic rings. The van der Waals surface area contributed by atoms with Gasteiger partial charge in [0.1, 0.15) is 5.75 Å². The molecule has 0 saturated heterocycles. The van der Waals surface area contributed by atoms with E-state index in [2.05, 4.69) is 0 Å². The predicted molar refractivity (Wildman–Crippen MR) is 78.4 cm³/mol. The Hall–Kier alpha value is -2.29. The monoisotopic (exact) mass is 270 g/mol. The molecule has 0 unspecified atom stereocenters. The number of aromatic carboxylic acids is 1. The largest absolute Gasteiger partial charge is 0.508 e. The van der Waals surface area contributed by atoms with Crippen LogP contribution in [0, 0.1) is 13.8 Å². The summed E-state index contributed by atoms with van der Waals surface area (Å²) in [7, 11) is 0. The van der Waals surface area contributed by atoms with Crippen LogP contribution in [0.15, 0.2) is 36.4 Å². The molecule has 0 amide bonds. The number of carbonyl (C=O) groups is 1. The van der Waals surface area contributed by atoms with Gasteiger partial charge in [0, 0.05) is 0 Å². The minimum atomic E-state index is -0.900. The molecule has 2 rings (SSSR count). The predicted octanol–water partition coefficient (Wildman–Crippen LogP) is 3.49. The minimum Gasteiger partial charge on any atom is -0.508 e. The SMILES string of the molecule is Cc1cc(O)cc(CCc2cc(C)cc(C(=O)O)c2)c1. The molecular formula is C17H18O3. The molecule has 0 saturated carbocycles. The third-order valence-corrected chi connectivity index (χ3v) is 3.21. The van der Waals surface area contributed by atoms with Crippen LogP contribution in [0.5, 0.6) is 5.75 Å². The minimum absolute atomic E-state index is 0.274. The third kappa shape index (κ3) is 3.60. The van der Waals surface area contributed by atoms with E-state index >= 15 is 0 Å². The number of phenols is 1. The van der Waals surface area contributed by atoms with Gasteiger partial charge in [-0.15, -0.1) is 0 Å². The quantitative estimate of drug-likeness (QED) is 0.894. The number of hydrogen-bond acceptors (Lipinski definition) is 2. The zero-order valence-corrected chi connectivity index (χ0v) is 11.7. The van der Waals surface area contributed by atoms with Gasteiger partial charge >= 0.3 is 5.97 Å². The van der Waals surface area contributed by atoms with Gasteiger partial charge < -0.3 is 10.2 Å². The van der Waals surface area contributed by atoms with Gasteiger partial charge in [0.15, 0.2) is 0 Å². The fourth-order valence-electron chi connectivity index (χ4n) is 2.40. The third-order valence-electron chi connectivity index (χ3n) is 3.21. The smallest absolute Gasteiger partial charge is 0.335 e. The summed E-state index contributed by atoms with van der Waals surface area (Å²) in [5.41, 5.74) is 4.36. The summed E-state index contributed by atoms with van der Waals surface area (Å²) in [6, 6.07) is 10.9. The van der Waals surface area contributed by atoms with Crippen LogP contribution in [-0.2, 0) is 12.8 Å². The van der Waals surface area contributed by atoms with E-state index in [-0.39, 0.29) is 5.75 Å². The molecule has 2 N–H and O–H groups in total. The molecule has 2 aromatic carbocycles. The maximum atomic E-state index is 11.0. The summed E-state index contributed by atoms with van der Waals surface area (Å²) in [4.78, 5) is 11.0. The van der Waals surface area contributed by atoms with Crippen LogP contribution >= 0.6 is 0 Å². The van der Waals surface area contributed by atoms with E-state index in [1.165, 1.54) is 0 Å². The Morgan fingerprint density at radius 3 is 2.00 bits per heavy atom. The molecule has 0 bridgehead atoms. The van der Waals surface area contributed by atoms with Gasteiger partial charge in [0.25, 0.3) is 0 Å². The van der Waals surface area contributed by atoms with Crippen LogP contribution in [0.2, 0.25) is 0 Å². The Labute approximate surface area is 118 Å². The molecule has 0 atom stereocenters. The molecule has 0 heterocycles. The number of benzene rings is 2. The van der Waals surface area contributed by atoms with E-state index in [1.807, 2.05) is 26.0 Å². The zero-order chi connectivity index (χ0) is 14.7. The highest BCUT2D eigenvalue weighted by Crippen LogP contribution is 2.18. The Kier molecular flexibility index (Phi) is 4.08. The van der Waals surface area contributed by atoms with E-state index in [0.29, 0.717) is 5.56 Å². The number of carboxylic acid groups (broad SMARTS) is 1. The zero-order valence-electron chi connectivity index (χ0n) is 11.7. The van der Waals surface area contributed by atoms with E-state index in [9.17, 15) is 9.90 Å². The van der Waals surface area contributed by atoms with Crippen LogP contribution < -0.4 is 0 Å². The number of rotatable bonds is 4. The summed E-state index contributed by atoms with van der Waals surface area (Å²) < 4.78 is 0. The van der Waals surface area contributed by atoms with Crippen LogP contribution in [0.25, 0.3) is 0 Å². The van der Waals surface area contributed by atoms with E-state index in [1.54, 1.807) is 24.3 Å². The first-order chi connectivity index (χ1) is 9.44. The average Bonchev–Trinajstić information content (AvgIpc) is 2.34. The molecule has 3 heteroatoms.